The Morgan fingerprint density at radius 2 is 1.83 bits per heavy atom. The molecule has 0 aliphatic heterocycles. The number of hydrogen-bond acceptors (Lipinski definition) is 1. The predicted octanol–water partition coefficient (Wildman–Crippen LogP) is 2.48. The third-order valence-electron chi connectivity index (χ3n) is 3.71. The molecule has 24 heavy (non-hydrogen) atoms. The van der Waals surface area contributed by atoms with Crippen LogP contribution in [0.25, 0.3) is 6.08 Å². The molecule has 136 valence electrons. The van der Waals surface area contributed by atoms with Crippen LogP contribution in [0.1, 0.15) is 38.2 Å². The highest BCUT2D eigenvalue weighted by Gasteiger charge is 2.23. The lowest BCUT2D eigenvalue weighted by molar-refractivity contribution is -0.872. The number of allylic oxidation sites excluding steroid dienone is 1. The first-order chi connectivity index (χ1) is 10.7. The molecule has 0 bridgehead atoms. The Morgan fingerprint density at radius 3 is 2.38 bits per heavy atom. The molecule has 0 aromatic heterocycles. The van der Waals surface area contributed by atoms with Gasteiger partial charge in [0.25, 0.3) is 0 Å². The van der Waals surface area contributed by atoms with E-state index in [1.165, 1.54) is 12.8 Å². The number of carbonyl (C=O) groups excluding carboxylic acids is 1. The van der Waals surface area contributed by atoms with E-state index < -0.39 is 0 Å². The molecule has 0 aliphatic rings. The number of quaternary nitrogens is 1. The van der Waals surface area contributed by atoms with Gasteiger partial charge in [0.1, 0.15) is 0 Å². The largest absolute Gasteiger partial charge is 1.00 e. The van der Waals surface area contributed by atoms with Crippen LogP contribution in [0.15, 0.2) is 24.3 Å². The topological polar surface area (TPSA) is 17.1 Å². The highest BCUT2D eigenvalue weighted by atomic mass is 127. The molecule has 0 radical (unpaired) electrons. The Balaban J connectivity index is 0.00000529. The van der Waals surface area contributed by atoms with E-state index in [2.05, 4.69) is 28.1 Å². The van der Waals surface area contributed by atoms with Gasteiger partial charge in [-0.1, -0.05) is 61.5 Å². The zero-order chi connectivity index (χ0) is 17.5. The number of benzene rings is 1. The van der Waals surface area contributed by atoms with Crippen LogP contribution in [0.5, 0.6) is 0 Å². The minimum Gasteiger partial charge on any atom is -1.00 e. The molecule has 2 nitrogen and oxygen atoms in total. The van der Waals surface area contributed by atoms with Gasteiger partial charge in [0, 0.05) is 0 Å². The SMILES string of the molecule is CCCCCC(C[N+](C)(C)C)C(=O)/C=C/c1ccc(Cl)c(Cl)c1.[I-]. The number of halogens is 3. The van der Waals surface area contributed by atoms with E-state index in [0.29, 0.717) is 10.0 Å². The Kier molecular flexibility index (Phi) is 11.5. The van der Waals surface area contributed by atoms with Crippen LogP contribution < -0.4 is 24.0 Å². The van der Waals surface area contributed by atoms with E-state index in [4.69, 9.17) is 23.2 Å². The number of hydrogen-bond donors (Lipinski definition) is 0. The molecule has 0 fully saturated rings. The summed E-state index contributed by atoms with van der Waals surface area (Å²) in [6.07, 6.45) is 7.92. The van der Waals surface area contributed by atoms with Gasteiger partial charge in [0.05, 0.1) is 43.7 Å². The summed E-state index contributed by atoms with van der Waals surface area (Å²) in [6.45, 7) is 3.04. The van der Waals surface area contributed by atoms with Crippen LogP contribution in [0.4, 0.5) is 0 Å². The lowest BCUT2D eigenvalue weighted by atomic mass is 9.95. The number of ketones is 1. The van der Waals surface area contributed by atoms with Gasteiger partial charge in [-0.05, 0) is 30.2 Å². The van der Waals surface area contributed by atoms with E-state index in [0.717, 1.165) is 29.4 Å². The Morgan fingerprint density at radius 1 is 1.17 bits per heavy atom. The van der Waals surface area contributed by atoms with Crippen molar-refractivity contribution in [1.29, 1.82) is 0 Å². The van der Waals surface area contributed by atoms with Crippen molar-refractivity contribution in [2.75, 3.05) is 27.7 Å². The summed E-state index contributed by atoms with van der Waals surface area (Å²) < 4.78 is 0.795. The van der Waals surface area contributed by atoms with E-state index in [1.54, 1.807) is 18.2 Å². The molecule has 0 saturated carbocycles. The van der Waals surface area contributed by atoms with Gasteiger partial charge < -0.3 is 28.5 Å². The molecule has 0 amide bonds. The van der Waals surface area contributed by atoms with Crippen molar-refractivity contribution >= 4 is 35.1 Å². The monoisotopic (exact) mass is 483 g/mol. The minimum absolute atomic E-state index is 0. The highest BCUT2D eigenvalue weighted by molar-refractivity contribution is 6.42. The van der Waals surface area contributed by atoms with Crippen molar-refractivity contribution in [2.24, 2.45) is 5.92 Å². The second kappa shape index (κ2) is 11.5. The van der Waals surface area contributed by atoms with Crippen LogP contribution in [-0.2, 0) is 4.79 Å². The maximum atomic E-state index is 12.6. The predicted molar refractivity (Wildman–Crippen MR) is 101 cm³/mol. The zero-order valence-corrected chi connectivity index (χ0v) is 18.7. The number of rotatable bonds is 9. The molecule has 0 N–H and O–H groups in total. The average molecular weight is 484 g/mol. The fourth-order valence-electron chi connectivity index (χ4n) is 2.56. The third kappa shape index (κ3) is 9.40. The van der Waals surface area contributed by atoms with Gasteiger partial charge in [-0.3, -0.25) is 4.79 Å². The van der Waals surface area contributed by atoms with Gasteiger partial charge in [-0.25, -0.2) is 0 Å². The lowest BCUT2D eigenvalue weighted by Crippen LogP contribution is -3.00. The summed E-state index contributed by atoms with van der Waals surface area (Å²) in [5.41, 5.74) is 0.894. The molecule has 1 rings (SSSR count). The first-order valence-corrected chi connectivity index (χ1v) is 8.96. The molecule has 0 saturated heterocycles. The molecule has 0 spiro atoms. The summed E-state index contributed by atoms with van der Waals surface area (Å²) in [5, 5.41) is 1.03. The Labute approximate surface area is 173 Å². The molecule has 1 aromatic rings. The molecule has 1 atom stereocenters. The van der Waals surface area contributed by atoms with E-state index in [1.807, 2.05) is 12.1 Å². The van der Waals surface area contributed by atoms with Crippen molar-refractivity contribution in [2.45, 2.75) is 32.6 Å². The zero-order valence-electron chi connectivity index (χ0n) is 15.0. The number of unbranched alkanes of at least 4 members (excludes halogenated alkanes) is 2. The summed E-state index contributed by atoms with van der Waals surface area (Å²) in [6, 6.07) is 5.39. The molecule has 1 aromatic carbocycles. The van der Waals surface area contributed by atoms with Crippen LogP contribution in [-0.4, -0.2) is 38.0 Å². The lowest BCUT2D eigenvalue weighted by Gasteiger charge is -2.28. The first-order valence-electron chi connectivity index (χ1n) is 8.20. The maximum absolute atomic E-state index is 12.6. The van der Waals surface area contributed by atoms with Gasteiger partial charge >= 0.3 is 0 Å². The van der Waals surface area contributed by atoms with Crippen molar-refractivity contribution in [1.82, 2.24) is 0 Å². The quantitative estimate of drug-likeness (QED) is 0.228. The summed E-state index contributed by atoms with van der Waals surface area (Å²) in [7, 11) is 6.38. The van der Waals surface area contributed by atoms with Crippen LogP contribution in [0.2, 0.25) is 10.0 Å². The molecule has 1 unspecified atom stereocenters. The minimum atomic E-state index is 0. The highest BCUT2D eigenvalue weighted by Crippen LogP contribution is 2.23. The molecule has 0 heterocycles. The molecular formula is C19H28Cl2INO. The standard InChI is InChI=1S/C19H28Cl2NO.HI/c1-5-6-7-8-16(14-22(2,3)4)19(23)12-10-15-9-11-17(20)18(21)13-15;/h9-13,16H,5-8,14H2,1-4H3;1H/q+1;/p-1/b12-10+;. The van der Waals surface area contributed by atoms with Crippen LogP contribution in [0, 0.1) is 5.92 Å². The summed E-state index contributed by atoms with van der Waals surface area (Å²) in [4.78, 5) is 12.6. The van der Waals surface area contributed by atoms with Crippen molar-refractivity contribution < 1.29 is 33.3 Å². The number of nitrogens with zero attached hydrogens (tertiary/aromatic N) is 1. The molecular weight excluding hydrogens is 456 g/mol. The van der Waals surface area contributed by atoms with Gasteiger partial charge in [0.2, 0.25) is 0 Å². The summed E-state index contributed by atoms with van der Waals surface area (Å²) in [5.74, 6) is 0.265. The van der Waals surface area contributed by atoms with Crippen LogP contribution in [0.3, 0.4) is 0 Å². The van der Waals surface area contributed by atoms with Crippen molar-refractivity contribution in [3.8, 4) is 0 Å². The Bertz CT molecular complexity index is 553. The first kappa shape index (κ1) is 23.9. The second-order valence-electron chi connectivity index (χ2n) is 7.07. The van der Waals surface area contributed by atoms with Gasteiger partial charge in [-0.2, -0.15) is 0 Å². The smallest absolute Gasteiger partial charge is 0.164 e. The molecule has 5 heteroatoms. The van der Waals surface area contributed by atoms with Gasteiger partial charge in [-0.15, -0.1) is 0 Å². The van der Waals surface area contributed by atoms with E-state index in [9.17, 15) is 4.79 Å². The summed E-state index contributed by atoms with van der Waals surface area (Å²) >= 11 is 11.9. The third-order valence-corrected chi connectivity index (χ3v) is 4.45. The maximum Gasteiger partial charge on any atom is 0.164 e. The fraction of sp³-hybridized carbons (Fsp3) is 0.526. The van der Waals surface area contributed by atoms with E-state index in [-0.39, 0.29) is 35.7 Å². The Hall–Kier alpha value is -0.100. The normalized spacial score (nSPS) is 12.9. The fourth-order valence-corrected chi connectivity index (χ4v) is 2.86. The van der Waals surface area contributed by atoms with Crippen LogP contribution >= 0.6 is 23.2 Å². The van der Waals surface area contributed by atoms with Crippen molar-refractivity contribution in [3.63, 3.8) is 0 Å². The second-order valence-corrected chi connectivity index (χ2v) is 7.89. The van der Waals surface area contributed by atoms with E-state index >= 15 is 0 Å². The van der Waals surface area contributed by atoms with Crippen molar-refractivity contribution in [3.05, 3.63) is 39.9 Å². The average Bonchev–Trinajstić information content (AvgIpc) is 2.46. The number of carbonyl (C=O) groups is 1. The van der Waals surface area contributed by atoms with Gasteiger partial charge in [0.15, 0.2) is 5.78 Å². The molecule has 0 aliphatic carbocycles.